The topological polar surface area (TPSA) is 64.7 Å². The minimum absolute atomic E-state index is 0.131. The molecule has 2 N–H and O–H groups in total. The second kappa shape index (κ2) is 5.24. The summed E-state index contributed by atoms with van der Waals surface area (Å²) in [6, 6.07) is 7.52. The highest BCUT2D eigenvalue weighted by atomic mass is 19.1. The molecule has 0 unspecified atom stereocenters. The van der Waals surface area contributed by atoms with Crippen LogP contribution in [0.15, 0.2) is 48.9 Å². The number of hydrogen-bond donors (Lipinski definition) is 1. The van der Waals surface area contributed by atoms with E-state index < -0.39 is 11.6 Å². The SMILES string of the molecule is Nc1cnc(-c2ccncc2F)c(-c2ccccc2F)n1. The molecule has 0 saturated heterocycles. The van der Waals surface area contributed by atoms with Crippen LogP contribution in [0.25, 0.3) is 22.5 Å². The maximum atomic E-state index is 14.0. The van der Waals surface area contributed by atoms with E-state index in [0.29, 0.717) is 0 Å². The molecule has 6 heteroatoms. The molecular formula is C15H10F2N4. The van der Waals surface area contributed by atoms with E-state index in [1.54, 1.807) is 18.2 Å². The highest BCUT2D eigenvalue weighted by molar-refractivity contribution is 5.78. The predicted octanol–water partition coefficient (Wildman–Crippen LogP) is 3.07. The van der Waals surface area contributed by atoms with Crippen molar-refractivity contribution in [3.8, 4) is 22.5 Å². The summed E-state index contributed by atoms with van der Waals surface area (Å²) in [5.41, 5.74) is 6.44. The van der Waals surface area contributed by atoms with Crippen LogP contribution in [-0.2, 0) is 0 Å². The molecule has 0 saturated carbocycles. The van der Waals surface area contributed by atoms with Gasteiger partial charge in [0.05, 0.1) is 18.1 Å². The van der Waals surface area contributed by atoms with Gasteiger partial charge in [0.1, 0.15) is 17.3 Å². The van der Waals surface area contributed by atoms with E-state index in [9.17, 15) is 8.78 Å². The first-order chi connectivity index (χ1) is 10.2. The Morgan fingerprint density at radius 3 is 2.38 bits per heavy atom. The van der Waals surface area contributed by atoms with Gasteiger partial charge in [-0.2, -0.15) is 0 Å². The Labute approximate surface area is 119 Å². The third-order valence-corrected chi connectivity index (χ3v) is 2.95. The summed E-state index contributed by atoms with van der Waals surface area (Å²) in [7, 11) is 0. The number of halogens is 2. The molecule has 4 nitrogen and oxygen atoms in total. The van der Waals surface area contributed by atoms with Crippen molar-refractivity contribution in [2.75, 3.05) is 5.73 Å². The maximum absolute atomic E-state index is 14.0. The normalized spacial score (nSPS) is 10.6. The Morgan fingerprint density at radius 2 is 1.62 bits per heavy atom. The Kier molecular flexibility index (Phi) is 3.27. The molecule has 3 rings (SSSR count). The monoisotopic (exact) mass is 284 g/mol. The van der Waals surface area contributed by atoms with E-state index in [2.05, 4.69) is 15.0 Å². The molecular weight excluding hydrogens is 274 g/mol. The minimum Gasteiger partial charge on any atom is -0.382 e. The number of anilines is 1. The second-order valence-electron chi connectivity index (χ2n) is 4.33. The summed E-state index contributed by atoms with van der Waals surface area (Å²) in [4.78, 5) is 11.9. The van der Waals surface area contributed by atoms with Gasteiger partial charge in [-0.25, -0.2) is 18.7 Å². The molecule has 0 bridgehead atoms. The average Bonchev–Trinajstić information content (AvgIpc) is 2.49. The van der Waals surface area contributed by atoms with Crippen molar-refractivity contribution in [1.82, 2.24) is 15.0 Å². The number of hydrogen-bond acceptors (Lipinski definition) is 4. The standard InChI is InChI=1S/C15H10F2N4/c16-11-4-2-1-3-9(11)15-14(20-8-13(18)21-15)10-5-6-19-7-12(10)17/h1-8H,(H2,18,21). The van der Waals surface area contributed by atoms with Crippen LogP contribution in [0.3, 0.4) is 0 Å². The quantitative estimate of drug-likeness (QED) is 0.785. The van der Waals surface area contributed by atoms with Crippen molar-refractivity contribution in [3.05, 3.63) is 60.6 Å². The first-order valence-electron chi connectivity index (χ1n) is 6.14. The van der Waals surface area contributed by atoms with Crippen molar-refractivity contribution in [2.45, 2.75) is 0 Å². The number of aromatic nitrogens is 3. The number of nitrogens with zero attached hydrogens (tertiary/aromatic N) is 3. The third kappa shape index (κ3) is 2.43. The van der Waals surface area contributed by atoms with Gasteiger partial charge in [-0.05, 0) is 18.2 Å². The van der Waals surface area contributed by atoms with Crippen molar-refractivity contribution < 1.29 is 8.78 Å². The predicted molar refractivity (Wildman–Crippen MR) is 75.0 cm³/mol. The van der Waals surface area contributed by atoms with Crippen LogP contribution >= 0.6 is 0 Å². The molecule has 3 aromatic rings. The summed E-state index contributed by atoms with van der Waals surface area (Å²) in [6.45, 7) is 0. The first kappa shape index (κ1) is 13.1. The Morgan fingerprint density at radius 1 is 0.857 bits per heavy atom. The summed E-state index contributed by atoms with van der Waals surface area (Å²) in [5.74, 6) is -0.909. The Hall–Kier alpha value is -2.89. The molecule has 0 spiro atoms. The number of nitrogens with two attached hydrogens (primary N) is 1. The average molecular weight is 284 g/mol. The lowest BCUT2D eigenvalue weighted by atomic mass is 10.0. The third-order valence-electron chi connectivity index (χ3n) is 2.95. The number of nitrogen functional groups attached to an aromatic ring is 1. The number of rotatable bonds is 2. The fraction of sp³-hybridized carbons (Fsp3) is 0. The number of pyridine rings is 1. The van der Waals surface area contributed by atoms with E-state index >= 15 is 0 Å². The largest absolute Gasteiger partial charge is 0.382 e. The van der Waals surface area contributed by atoms with Gasteiger partial charge in [-0.1, -0.05) is 12.1 Å². The van der Waals surface area contributed by atoms with Crippen LogP contribution < -0.4 is 5.73 Å². The van der Waals surface area contributed by atoms with E-state index in [0.717, 1.165) is 6.20 Å². The van der Waals surface area contributed by atoms with Crippen LogP contribution in [0.2, 0.25) is 0 Å². The summed E-state index contributed by atoms with van der Waals surface area (Å²) in [5, 5.41) is 0. The summed E-state index contributed by atoms with van der Waals surface area (Å²) >= 11 is 0. The lowest BCUT2D eigenvalue weighted by molar-refractivity contribution is 0.623. The molecule has 0 fully saturated rings. The van der Waals surface area contributed by atoms with E-state index in [1.807, 2.05) is 0 Å². The van der Waals surface area contributed by atoms with Gasteiger partial charge >= 0.3 is 0 Å². The molecule has 0 atom stereocenters. The Balaban J connectivity index is 2.29. The molecule has 0 aliphatic rings. The smallest absolute Gasteiger partial charge is 0.150 e. The fourth-order valence-corrected chi connectivity index (χ4v) is 2.01. The number of benzene rings is 1. The lowest BCUT2D eigenvalue weighted by Crippen LogP contribution is -2.00. The molecule has 104 valence electrons. The zero-order chi connectivity index (χ0) is 14.8. The summed E-state index contributed by atoms with van der Waals surface area (Å²) in [6.07, 6.45) is 3.81. The van der Waals surface area contributed by atoms with Gasteiger partial charge in [0.15, 0.2) is 5.82 Å². The molecule has 1 aromatic carbocycles. The first-order valence-corrected chi connectivity index (χ1v) is 6.14. The van der Waals surface area contributed by atoms with Crippen molar-refractivity contribution in [2.24, 2.45) is 0 Å². The van der Waals surface area contributed by atoms with Gasteiger partial charge in [-0.15, -0.1) is 0 Å². The van der Waals surface area contributed by atoms with Gasteiger partial charge in [0.2, 0.25) is 0 Å². The van der Waals surface area contributed by atoms with Gasteiger partial charge in [0.25, 0.3) is 0 Å². The Bertz CT molecular complexity index is 805. The highest BCUT2D eigenvalue weighted by Crippen LogP contribution is 2.31. The second-order valence-corrected chi connectivity index (χ2v) is 4.33. The van der Waals surface area contributed by atoms with Gasteiger partial charge in [0, 0.05) is 17.3 Å². The van der Waals surface area contributed by atoms with E-state index in [1.165, 1.54) is 24.5 Å². The van der Waals surface area contributed by atoms with Crippen LogP contribution in [0, 0.1) is 11.6 Å². The molecule has 0 aliphatic carbocycles. The van der Waals surface area contributed by atoms with E-state index in [4.69, 9.17) is 5.73 Å². The van der Waals surface area contributed by atoms with Crippen LogP contribution in [0.4, 0.5) is 14.6 Å². The molecule has 0 aliphatic heterocycles. The van der Waals surface area contributed by atoms with E-state index in [-0.39, 0.29) is 28.3 Å². The van der Waals surface area contributed by atoms with Crippen LogP contribution in [0.5, 0.6) is 0 Å². The van der Waals surface area contributed by atoms with Crippen molar-refractivity contribution >= 4 is 5.82 Å². The lowest BCUT2D eigenvalue weighted by Gasteiger charge is -2.10. The fourth-order valence-electron chi connectivity index (χ4n) is 2.01. The minimum atomic E-state index is -0.561. The molecule has 0 amide bonds. The zero-order valence-corrected chi connectivity index (χ0v) is 10.8. The summed E-state index contributed by atoms with van der Waals surface area (Å²) < 4.78 is 27.9. The molecule has 21 heavy (non-hydrogen) atoms. The van der Waals surface area contributed by atoms with Crippen molar-refractivity contribution in [3.63, 3.8) is 0 Å². The molecule has 0 radical (unpaired) electrons. The zero-order valence-electron chi connectivity index (χ0n) is 10.8. The maximum Gasteiger partial charge on any atom is 0.150 e. The van der Waals surface area contributed by atoms with Crippen molar-refractivity contribution in [1.29, 1.82) is 0 Å². The van der Waals surface area contributed by atoms with Gasteiger partial charge in [-0.3, -0.25) is 4.98 Å². The van der Waals surface area contributed by atoms with Gasteiger partial charge < -0.3 is 5.73 Å². The molecule has 2 heterocycles. The van der Waals surface area contributed by atoms with Crippen LogP contribution in [0.1, 0.15) is 0 Å². The highest BCUT2D eigenvalue weighted by Gasteiger charge is 2.17. The molecule has 2 aromatic heterocycles. The van der Waals surface area contributed by atoms with Crippen LogP contribution in [-0.4, -0.2) is 15.0 Å².